The van der Waals surface area contributed by atoms with E-state index in [4.69, 9.17) is 0 Å². The molecule has 0 aromatic carbocycles. The second-order valence-electron chi connectivity index (χ2n) is 8.05. The number of hydrogen-bond donors (Lipinski definition) is 4. The van der Waals surface area contributed by atoms with Crippen molar-refractivity contribution in [1.82, 2.24) is 21.3 Å². The quantitative estimate of drug-likeness (QED) is 0.217. The van der Waals surface area contributed by atoms with Gasteiger partial charge in [-0.1, -0.05) is 60.5 Å². The Kier molecular flexibility index (Phi) is 21.5. The summed E-state index contributed by atoms with van der Waals surface area (Å²) in [6.45, 7) is 21.4. The standard InChI is InChI=1S/C16H33N3O.C7H17N/c1-6-9-16(18-12-20)15(5)19-14(4)10-7-8-11-17-13(2)3;1-4-6-7(3)8-5-2/h12-14,16-17,19H,5-11H2,1-4H3,(H,18,20);7-8H,4-6H2,1-3H3. The first-order valence-corrected chi connectivity index (χ1v) is 11.4. The van der Waals surface area contributed by atoms with Crippen molar-refractivity contribution in [1.29, 1.82) is 0 Å². The molecule has 3 atom stereocenters. The Morgan fingerprint density at radius 1 is 0.893 bits per heavy atom. The monoisotopic (exact) mass is 398 g/mol. The minimum atomic E-state index is 0.0440. The molecule has 4 N–H and O–H groups in total. The van der Waals surface area contributed by atoms with Crippen LogP contribution in [-0.2, 0) is 4.79 Å². The van der Waals surface area contributed by atoms with E-state index in [0.717, 1.165) is 44.5 Å². The molecule has 168 valence electrons. The molecule has 0 heterocycles. The molecule has 0 aliphatic rings. The van der Waals surface area contributed by atoms with Crippen LogP contribution >= 0.6 is 0 Å². The lowest BCUT2D eigenvalue weighted by Gasteiger charge is -2.23. The second kappa shape index (κ2) is 20.7. The lowest BCUT2D eigenvalue weighted by atomic mass is 10.1. The first-order valence-electron chi connectivity index (χ1n) is 11.4. The zero-order valence-corrected chi connectivity index (χ0v) is 19.9. The zero-order chi connectivity index (χ0) is 21.8. The van der Waals surface area contributed by atoms with E-state index in [0.29, 0.717) is 18.1 Å². The Morgan fingerprint density at radius 3 is 2.04 bits per heavy atom. The summed E-state index contributed by atoms with van der Waals surface area (Å²) in [5.41, 5.74) is 0.923. The van der Waals surface area contributed by atoms with E-state index in [2.05, 4.69) is 76.3 Å². The van der Waals surface area contributed by atoms with Crippen molar-refractivity contribution in [2.24, 2.45) is 0 Å². The van der Waals surface area contributed by atoms with E-state index in [1.165, 1.54) is 25.7 Å². The van der Waals surface area contributed by atoms with Gasteiger partial charge in [0.2, 0.25) is 6.41 Å². The van der Waals surface area contributed by atoms with E-state index in [1.54, 1.807) is 0 Å². The first kappa shape index (κ1) is 29.1. The van der Waals surface area contributed by atoms with E-state index >= 15 is 0 Å². The summed E-state index contributed by atoms with van der Waals surface area (Å²) in [5.74, 6) is 0. The van der Waals surface area contributed by atoms with Gasteiger partial charge in [-0.05, 0) is 52.6 Å². The van der Waals surface area contributed by atoms with Gasteiger partial charge >= 0.3 is 0 Å². The Balaban J connectivity index is 0. The van der Waals surface area contributed by atoms with Crippen LogP contribution in [0.4, 0.5) is 0 Å². The number of amides is 1. The number of rotatable bonds is 17. The predicted octanol–water partition coefficient (Wildman–Crippen LogP) is 4.35. The molecule has 0 radical (unpaired) electrons. The average molecular weight is 399 g/mol. The molecule has 0 aromatic rings. The van der Waals surface area contributed by atoms with Crippen LogP contribution in [0.3, 0.4) is 0 Å². The number of hydrogen-bond acceptors (Lipinski definition) is 4. The van der Waals surface area contributed by atoms with Gasteiger partial charge < -0.3 is 21.3 Å². The van der Waals surface area contributed by atoms with Crippen molar-refractivity contribution in [3.63, 3.8) is 0 Å². The van der Waals surface area contributed by atoms with Crippen LogP contribution < -0.4 is 21.3 Å². The Morgan fingerprint density at radius 2 is 1.54 bits per heavy atom. The lowest BCUT2D eigenvalue weighted by molar-refractivity contribution is -0.110. The van der Waals surface area contributed by atoms with Crippen molar-refractivity contribution in [3.05, 3.63) is 12.3 Å². The third-order valence-electron chi connectivity index (χ3n) is 4.59. The van der Waals surface area contributed by atoms with Gasteiger partial charge in [-0.25, -0.2) is 0 Å². The molecule has 0 bridgehead atoms. The maximum Gasteiger partial charge on any atom is 0.207 e. The summed E-state index contributed by atoms with van der Waals surface area (Å²) in [5, 5.41) is 13.0. The third kappa shape index (κ3) is 19.7. The highest BCUT2D eigenvalue weighted by atomic mass is 16.1. The van der Waals surface area contributed by atoms with Crippen molar-refractivity contribution in [3.8, 4) is 0 Å². The highest BCUT2D eigenvalue weighted by Gasteiger charge is 2.12. The normalized spacial score (nSPS) is 13.9. The van der Waals surface area contributed by atoms with Gasteiger partial charge in [-0.15, -0.1) is 0 Å². The van der Waals surface area contributed by atoms with Crippen LogP contribution in [0.25, 0.3) is 0 Å². The zero-order valence-electron chi connectivity index (χ0n) is 19.9. The van der Waals surface area contributed by atoms with Crippen LogP contribution in [0.15, 0.2) is 12.3 Å². The minimum absolute atomic E-state index is 0.0440. The SMILES string of the molecule is C=C(NC(C)CCCCNC(C)C)C(CCC)NC=O.CCCC(C)NCC. The maximum atomic E-state index is 10.6. The Labute approximate surface area is 175 Å². The summed E-state index contributed by atoms with van der Waals surface area (Å²) in [6.07, 6.45) is 8.82. The summed E-state index contributed by atoms with van der Waals surface area (Å²) in [4.78, 5) is 10.6. The van der Waals surface area contributed by atoms with E-state index in [-0.39, 0.29) is 6.04 Å². The van der Waals surface area contributed by atoms with Gasteiger partial charge in [0.25, 0.3) is 0 Å². The molecule has 3 unspecified atom stereocenters. The summed E-state index contributed by atoms with van der Waals surface area (Å²) in [7, 11) is 0. The van der Waals surface area contributed by atoms with Crippen LogP contribution in [0.2, 0.25) is 0 Å². The van der Waals surface area contributed by atoms with Crippen LogP contribution in [0.1, 0.15) is 93.4 Å². The van der Waals surface area contributed by atoms with Crippen LogP contribution in [-0.4, -0.2) is 43.7 Å². The molecule has 0 aromatic heterocycles. The van der Waals surface area contributed by atoms with Gasteiger partial charge in [0, 0.05) is 23.8 Å². The summed E-state index contributed by atoms with van der Waals surface area (Å²) < 4.78 is 0. The van der Waals surface area contributed by atoms with Crippen LogP contribution in [0.5, 0.6) is 0 Å². The molecule has 5 nitrogen and oxygen atoms in total. The van der Waals surface area contributed by atoms with Gasteiger partial charge in [-0.3, -0.25) is 4.79 Å². The fourth-order valence-electron chi connectivity index (χ4n) is 3.07. The molecule has 0 aliphatic carbocycles. The number of nitrogens with one attached hydrogen (secondary N) is 4. The fourth-order valence-corrected chi connectivity index (χ4v) is 3.07. The number of carbonyl (C=O) groups is 1. The predicted molar refractivity (Wildman–Crippen MR) is 125 cm³/mol. The van der Waals surface area contributed by atoms with E-state index in [9.17, 15) is 4.79 Å². The summed E-state index contributed by atoms with van der Waals surface area (Å²) >= 11 is 0. The molecular weight excluding hydrogens is 348 g/mol. The smallest absolute Gasteiger partial charge is 0.207 e. The summed E-state index contributed by atoms with van der Waals surface area (Å²) in [6, 6.07) is 1.72. The largest absolute Gasteiger partial charge is 0.385 e. The topological polar surface area (TPSA) is 65.2 Å². The van der Waals surface area contributed by atoms with Crippen molar-refractivity contribution >= 4 is 6.41 Å². The Hall–Kier alpha value is -1.07. The van der Waals surface area contributed by atoms with Crippen molar-refractivity contribution in [2.45, 2.75) is 118 Å². The highest BCUT2D eigenvalue weighted by Crippen LogP contribution is 2.07. The van der Waals surface area contributed by atoms with Gasteiger partial charge in [0.05, 0.1) is 6.04 Å². The molecule has 0 spiro atoms. The molecule has 1 amide bonds. The van der Waals surface area contributed by atoms with Gasteiger partial charge in [0.15, 0.2) is 0 Å². The van der Waals surface area contributed by atoms with E-state index in [1.807, 2.05) is 0 Å². The fraction of sp³-hybridized carbons (Fsp3) is 0.870. The van der Waals surface area contributed by atoms with Crippen LogP contribution in [0, 0.1) is 0 Å². The number of carbonyl (C=O) groups excluding carboxylic acids is 1. The lowest BCUT2D eigenvalue weighted by Crippen LogP contribution is -2.38. The molecule has 0 aliphatic heterocycles. The molecule has 0 saturated heterocycles. The van der Waals surface area contributed by atoms with Crippen molar-refractivity contribution in [2.75, 3.05) is 13.1 Å². The second-order valence-corrected chi connectivity index (χ2v) is 8.05. The molecule has 0 rings (SSSR count). The molecule has 28 heavy (non-hydrogen) atoms. The van der Waals surface area contributed by atoms with Gasteiger partial charge in [0.1, 0.15) is 0 Å². The Bertz CT molecular complexity index is 355. The third-order valence-corrected chi connectivity index (χ3v) is 4.59. The minimum Gasteiger partial charge on any atom is -0.385 e. The number of unbranched alkanes of at least 4 members (excludes halogenated alkanes) is 1. The van der Waals surface area contributed by atoms with Gasteiger partial charge in [-0.2, -0.15) is 0 Å². The molecule has 5 heteroatoms. The first-order chi connectivity index (χ1) is 13.3. The maximum absolute atomic E-state index is 10.6. The molecule has 0 fully saturated rings. The highest BCUT2D eigenvalue weighted by molar-refractivity contribution is 5.47. The average Bonchev–Trinajstić information content (AvgIpc) is 2.62. The molecular formula is C23H50N4O. The van der Waals surface area contributed by atoms with Crippen molar-refractivity contribution < 1.29 is 4.79 Å². The van der Waals surface area contributed by atoms with E-state index < -0.39 is 0 Å². The molecule has 0 saturated carbocycles.